The molecular weight excluding hydrogens is 296 g/mol. The number of ketones is 4. The van der Waals surface area contributed by atoms with Gasteiger partial charge >= 0.3 is 0 Å². The molecule has 0 aliphatic carbocycles. The minimum absolute atomic E-state index is 0.0651. The first-order valence-electron chi connectivity index (χ1n) is 7.68. The molecule has 0 rings (SSSR count). The van der Waals surface area contributed by atoms with E-state index in [1.165, 1.54) is 26.0 Å². The standard InChI is InChI=1S/C18H26O5/c1-5-7-15(21)11-17(9-13(3)19)23-18(10-14(4)20)12-16(22)8-6-2/h5-6,17-18H,1-2,7-12H2,3-4H3. The molecule has 2 unspecified atom stereocenters. The highest BCUT2D eigenvalue weighted by atomic mass is 16.5. The van der Waals surface area contributed by atoms with Crippen LogP contribution in [0.3, 0.4) is 0 Å². The van der Waals surface area contributed by atoms with E-state index >= 15 is 0 Å². The molecule has 0 heterocycles. The summed E-state index contributed by atoms with van der Waals surface area (Å²) in [5.74, 6) is -0.406. The molecule has 0 saturated carbocycles. The van der Waals surface area contributed by atoms with Crippen LogP contribution in [0.15, 0.2) is 25.3 Å². The second-order valence-corrected chi connectivity index (χ2v) is 5.66. The Balaban J connectivity index is 4.92. The van der Waals surface area contributed by atoms with Crippen LogP contribution in [0.4, 0.5) is 0 Å². The molecule has 0 amide bonds. The number of carbonyl (C=O) groups is 4. The number of allylic oxidation sites excluding steroid dienone is 2. The minimum Gasteiger partial charge on any atom is -0.373 e. The summed E-state index contributed by atoms with van der Waals surface area (Å²) < 4.78 is 5.75. The van der Waals surface area contributed by atoms with Crippen LogP contribution in [0, 0.1) is 0 Å². The average Bonchev–Trinajstić information content (AvgIpc) is 2.36. The summed E-state index contributed by atoms with van der Waals surface area (Å²) >= 11 is 0. The third-order valence-corrected chi connectivity index (χ3v) is 3.07. The predicted molar refractivity (Wildman–Crippen MR) is 88.1 cm³/mol. The molecule has 0 aliphatic rings. The fourth-order valence-corrected chi connectivity index (χ4v) is 2.25. The fraction of sp³-hybridized carbons (Fsp3) is 0.556. The van der Waals surface area contributed by atoms with E-state index in [2.05, 4.69) is 13.2 Å². The van der Waals surface area contributed by atoms with Gasteiger partial charge in [0, 0.05) is 38.5 Å². The van der Waals surface area contributed by atoms with Gasteiger partial charge in [0.2, 0.25) is 0 Å². The molecule has 0 bridgehead atoms. The van der Waals surface area contributed by atoms with Crippen LogP contribution in [0.25, 0.3) is 0 Å². The predicted octanol–water partition coefficient (Wildman–Crippen LogP) is 2.77. The molecule has 0 saturated heterocycles. The second kappa shape index (κ2) is 11.7. The van der Waals surface area contributed by atoms with Gasteiger partial charge in [0.1, 0.15) is 23.1 Å². The molecule has 0 radical (unpaired) electrons. The Morgan fingerprint density at radius 1 is 0.783 bits per heavy atom. The van der Waals surface area contributed by atoms with Crippen molar-refractivity contribution in [2.75, 3.05) is 0 Å². The first kappa shape index (κ1) is 21.1. The van der Waals surface area contributed by atoms with E-state index < -0.39 is 12.2 Å². The van der Waals surface area contributed by atoms with Crippen molar-refractivity contribution >= 4 is 23.1 Å². The lowest BCUT2D eigenvalue weighted by Gasteiger charge is -2.23. The van der Waals surface area contributed by atoms with Crippen molar-refractivity contribution < 1.29 is 23.9 Å². The molecule has 23 heavy (non-hydrogen) atoms. The molecule has 0 aromatic heterocycles. The Bertz CT molecular complexity index is 422. The maximum absolute atomic E-state index is 11.8. The number of hydrogen-bond acceptors (Lipinski definition) is 5. The maximum Gasteiger partial charge on any atom is 0.139 e. The topological polar surface area (TPSA) is 77.5 Å². The van der Waals surface area contributed by atoms with E-state index in [0.29, 0.717) is 0 Å². The van der Waals surface area contributed by atoms with Crippen LogP contribution in [0.1, 0.15) is 52.4 Å². The van der Waals surface area contributed by atoms with E-state index in [1.54, 1.807) is 0 Å². The van der Waals surface area contributed by atoms with Crippen LogP contribution in [-0.4, -0.2) is 35.3 Å². The van der Waals surface area contributed by atoms with Gasteiger partial charge in [-0.3, -0.25) is 19.2 Å². The first-order chi connectivity index (χ1) is 10.8. The number of ether oxygens (including phenoxy) is 1. The van der Waals surface area contributed by atoms with Crippen molar-refractivity contribution in [2.45, 2.75) is 64.6 Å². The summed E-state index contributed by atoms with van der Waals surface area (Å²) in [5, 5.41) is 0. The lowest BCUT2D eigenvalue weighted by Crippen LogP contribution is -2.29. The van der Waals surface area contributed by atoms with E-state index in [9.17, 15) is 19.2 Å². The highest BCUT2D eigenvalue weighted by molar-refractivity contribution is 5.83. The number of carbonyl (C=O) groups excluding carboxylic acids is 4. The van der Waals surface area contributed by atoms with Gasteiger partial charge in [-0.2, -0.15) is 0 Å². The van der Waals surface area contributed by atoms with Crippen molar-refractivity contribution in [3.05, 3.63) is 25.3 Å². The molecule has 5 heteroatoms. The second-order valence-electron chi connectivity index (χ2n) is 5.66. The Morgan fingerprint density at radius 2 is 1.13 bits per heavy atom. The summed E-state index contributed by atoms with van der Waals surface area (Å²) in [4.78, 5) is 46.2. The summed E-state index contributed by atoms with van der Waals surface area (Å²) in [5.41, 5.74) is 0. The van der Waals surface area contributed by atoms with Crippen LogP contribution in [0.2, 0.25) is 0 Å². The van der Waals surface area contributed by atoms with Crippen LogP contribution in [-0.2, 0) is 23.9 Å². The lowest BCUT2D eigenvalue weighted by molar-refractivity contribution is -0.130. The lowest BCUT2D eigenvalue weighted by atomic mass is 10.0. The maximum atomic E-state index is 11.8. The summed E-state index contributed by atoms with van der Waals surface area (Å²) in [6.45, 7) is 9.83. The SMILES string of the molecule is C=CCC(=O)CC(CC(C)=O)OC(CC(C)=O)CC(=O)CC=C. The molecule has 0 aliphatic heterocycles. The normalized spacial score (nSPS) is 13.0. The van der Waals surface area contributed by atoms with Crippen molar-refractivity contribution in [1.29, 1.82) is 0 Å². The summed E-state index contributed by atoms with van der Waals surface area (Å²) in [6.07, 6.45) is 2.42. The van der Waals surface area contributed by atoms with Gasteiger partial charge < -0.3 is 4.74 Å². The molecule has 128 valence electrons. The van der Waals surface area contributed by atoms with Gasteiger partial charge in [-0.25, -0.2) is 0 Å². The van der Waals surface area contributed by atoms with Crippen LogP contribution >= 0.6 is 0 Å². The molecule has 0 aromatic carbocycles. The number of hydrogen-bond donors (Lipinski definition) is 0. The Labute approximate surface area is 137 Å². The van der Waals surface area contributed by atoms with E-state index in [0.717, 1.165) is 0 Å². The summed E-state index contributed by atoms with van der Waals surface area (Å²) in [7, 11) is 0. The monoisotopic (exact) mass is 322 g/mol. The first-order valence-corrected chi connectivity index (χ1v) is 7.68. The Kier molecular flexibility index (Phi) is 10.7. The van der Waals surface area contributed by atoms with Crippen LogP contribution < -0.4 is 0 Å². The molecule has 0 fully saturated rings. The van der Waals surface area contributed by atoms with Crippen molar-refractivity contribution in [3.63, 3.8) is 0 Å². The zero-order chi connectivity index (χ0) is 17.8. The van der Waals surface area contributed by atoms with Crippen molar-refractivity contribution in [3.8, 4) is 0 Å². The minimum atomic E-state index is -0.624. The van der Waals surface area contributed by atoms with Crippen molar-refractivity contribution in [1.82, 2.24) is 0 Å². The van der Waals surface area contributed by atoms with Crippen molar-refractivity contribution in [2.24, 2.45) is 0 Å². The molecule has 2 atom stereocenters. The smallest absolute Gasteiger partial charge is 0.139 e. The average molecular weight is 322 g/mol. The zero-order valence-corrected chi connectivity index (χ0v) is 14.0. The van der Waals surface area contributed by atoms with E-state index in [-0.39, 0.29) is 61.7 Å². The Hall–Kier alpha value is -1.88. The highest BCUT2D eigenvalue weighted by Crippen LogP contribution is 2.16. The molecule has 0 spiro atoms. The fourth-order valence-electron chi connectivity index (χ4n) is 2.25. The largest absolute Gasteiger partial charge is 0.373 e. The van der Waals surface area contributed by atoms with Gasteiger partial charge in [0.25, 0.3) is 0 Å². The van der Waals surface area contributed by atoms with Crippen LogP contribution in [0.5, 0.6) is 0 Å². The number of Topliss-reactive ketones (excluding diaryl/α,β-unsaturated/α-hetero) is 4. The van der Waals surface area contributed by atoms with E-state index in [4.69, 9.17) is 4.74 Å². The molecule has 5 nitrogen and oxygen atoms in total. The Morgan fingerprint density at radius 3 is 1.39 bits per heavy atom. The molecule has 0 N–H and O–H groups in total. The van der Waals surface area contributed by atoms with E-state index in [1.807, 2.05) is 0 Å². The quantitative estimate of drug-likeness (QED) is 0.460. The highest BCUT2D eigenvalue weighted by Gasteiger charge is 2.23. The third kappa shape index (κ3) is 11.4. The van der Waals surface area contributed by atoms with Gasteiger partial charge in [0.05, 0.1) is 12.2 Å². The molecular formula is C18H26O5. The van der Waals surface area contributed by atoms with Gasteiger partial charge in [-0.1, -0.05) is 12.2 Å². The van der Waals surface area contributed by atoms with Gasteiger partial charge in [0.15, 0.2) is 0 Å². The number of rotatable bonds is 14. The van der Waals surface area contributed by atoms with Gasteiger partial charge in [-0.05, 0) is 13.8 Å². The molecule has 0 aromatic rings. The zero-order valence-electron chi connectivity index (χ0n) is 14.0. The van der Waals surface area contributed by atoms with Gasteiger partial charge in [-0.15, -0.1) is 13.2 Å². The summed E-state index contributed by atoms with van der Waals surface area (Å²) in [6, 6.07) is 0. The third-order valence-electron chi connectivity index (χ3n) is 3.07.